The average molecular weight is 415 g/mol. The first kappa shape index (κ1) is 21.1. The summed E-state index contributed by atoms with van der Waals surface area (Å²) in [6, 6.07) is 12.9. The average Bonchev–Trinajstić information content (AvgIpc) is 3.33. The second kappa shape index (κ2) is 8.91. The minimum absolute atomic E-state index is 0.125. The number of nitrogens with zero attached hydrogens (tertiary/aromatic N) is 2. The number of halogens is 2. The van der Waals surface area contributed by atoms with Crippen molar-refractivity contribution in [3.05, 3.63) is 77.4 Å². The molecule has 5 nitrogen and oxygen atoms in total. The first-order valence-electron chi connectivity index (χ1n) is 10.2. The van der Waals surface area contributed by atoms with Gasteiger partial charge in [-0.15, -0.1) is 0 Å². The molecule has 1 saturated heterocycles. The molecule has 0 saturated carbocycles. The summed E-state index contributed by atoms with van der Waals surface area (Å²) in [5.41, 5.74) is 1.80. The summed E-state index contributed by atoms with van der Waals surface area (Å²) in [5, 5.41) is 24.0. The molecule has 4 rings (SSSR count). The molecule has 0 amide bonds. The molecule has 2 aromatic rings. The Kier molecular flexibility index (Phi) is 6.26. The lowest BCUT2D eigenvalue weighted by Gasteiger charge is -2.32. The van der Waals surface area contributed by atoms with Gasteiger partial charge in [0, 0.05) is 24.7 Å². The van der Waals surface area contributed by atoms with Crippen LogP contribution in [0.25, 0.3) is 5.57 Å². The Bertz CT molecular complexity index is 909. The summed E-state index contributed by atoms with van der Waals surface area (Å²) in [6.45, 7) is 0.785. The van der Waals surface area contributed by atoms with Crippen LogP contribution in [0.2, 0.25) is 0 Å². The van der Waals surface area contributed by atoms with Crippen LogP contribution in [0.5, 0.6) is 0 Å². The maximum absolute atomic E-state index is 14.4. The van der Waals surface area contributed by atoms with Gasteiger partial charge in [0.05, 0.1) is 6.04 Å². The molecular formula is C23H27F2N3O2. The molecule has 0 aliphatic carbocycles. The highest BCUT2D eigenvalue weighted by Crippen LogP contribution is 2.36. The monoisotopic (exact) mass is 415 g/mol. The summed E-state index contributed by atoms with van der Waals surface area (Å²) < 4.78 is 28.1. The largest absolute Gasteiger partial charge is 0.378 e. The quantitative estimate of drug-likeness (QED) is 0.634. The van der Waals surface area contributed by atoms with Gasteiger partial charge in [0.2, 0.25) is 0 Å². The molecule has 160 valence electrons. The first-order chi connectivity index (χ1) is 14.4. The van der Waals surface area contributed by atoms with Gasteiger partial charge in [-0.3, -0.25) is 15.1 Å². The zero-order valence-electron chi connectivity index (χ0n) is 16.9. The van der Waals surface area contributed by atoms with Crippen molar-refractivity contribution in [1.82, 2.24) is 15.1 Å². The lowest BCUT2D eigenvalue weighted by Crippen LogP contribution is -2.50. The van der Waals surface area contributed by atoms with E-state index in [1.54, 1.807) is 0 Å². The summed E-state index contributed by atoms with van der Waals surface area (Å²) in [4.78, 5) is 3.71. The van der Waals surface area contributed by atoms with Crippen molar-refractivity contribution in [2.45, 2.75) is 37.5 Å². The molecule has 0 spiro atoms. The minimum atomic E-state index is -0.980. The standard InChI is InChI=1S/C23H27F2N3O2/c1-27-18(8-10-22(27)29)13-26-23(30)28-14-16(19-12-17(24)7-9-20(19)25)11-21(28)15-5-3-2-4-6-15/h2-7,9,11-12,18,21-23,26,29-30H,8,10,13-14H2,1H3/t18?,21-,22?,23?/m0/s1. The minimum Gasteiger partial charge on any atom is -0.378 e. The fourth-order valence-electron chi connectivity index (χ4n) is 4.33. The van der Waals surface area contributed by atoms with Crippen molar-refractivity contribution in [2.24, 2.45) is 0 Å². The van der Waals surface area contributed by atoms with E-state index in [4.69, 9.17) is 0 Å². The highest BCUT2D eigenvalue weighted by Gasteiger charge is 2.34. The maximum atomic E-state index is 14.4. The molecule has 30 heavy (non-hydrogen) atoms. The summed E-state index contributed by atoms with van der Waals surface area (Å²) in [7, 11) is 1.87. The van der Waals surface area contributed by atoms with E-state index in [1.807, 2.05) is 53.3 Å². The number of benzene rings is 2. The van der Waals surface area contributed by atoms with Gasteiger partial charge in [-0.2, -0.15) is 0 Å². The van der Waals surface area contributed by atoms with Gasteiger partial charge in [0.25, 0.3) is 0 Å². The number of rotatable bonds is 6. The van der Waals surface area contributed by atoms with Crippen molar-refractivity contribution in [1.29, 1.82) is 0 Å². The summed E-state index contributed by atoms with van der Waals surface area (Å²) in [6.07, 6.45) is 2.00. The second-order valence-electron chi connectivity index (χ2n) is 8.00. The molecule has 4 atom stereocenters. The summed E-state index contributed by atoms with van der Waals surface area (Å²) >= 11 is 0. The molecule has 2 aliphatic rings. The van der Waals surface area contributed by atoms with E-state index in [1.165, 1.54) is 6.07 Å². The number of nitrogens with one attached hydrogen (secondary N) is 1. The Morgan fingerprint density at radius 1 is 1.13 bits per heavy atom. The molecule has 2 heterocycles. The Balaban J connectivity index is 1.54. The fraction of sp³-hybridized carbons (Fsp3) is 0.391. The molecule has 2 aliphatic heterocycles. The Labute approximate surface area is 175 Å². The Hall–Kier alpha value is -2.16. The fourth-order valence-corrected chi connectivity index (χ4v) is 4.33. The number of hydrogen-bond donors (Lipinski definition) is 3. The van der Waals surface area contributed by atoms with Crippen LogP contribution in [-0.2, 0) is 0 Å². The molecule has 1 fully saturated rings. The highest BCUT2D eigenvalue weighted by atomic mass is 19.1. The van der Waals surface area contributed by atoms with Crippen molar-refractivity contribution in [3.63, 3.8) is 0 Å². The van der Waals surface area contributed by atoms with Crippen LogP contribution in [0.15, 0.2) is 54.6 Å². The molecule has 0 aromatic heterocycles. The molecule has 3 unspecified atom stereocenters. The molecule has 7 heteroatoms. The number of hydrogen-bond acceptors (Lipinski definition) is 5. The van der Waals surface area contributed by atoms with Crippen molar-refractivity contribution in [3.8, 4) is 0 Å². The van der Waals surface area contributed by atoms with Gasteiger partial charge in [-0.1, -0.05) is 36.4 Å². The van der Waals surface area contributed by atoms with E-state index in [9.17, 15) is 19.0 Å². The third-order valence-electron chi connectivity index (χ3n) is 6.14. The zero-order chi connectivity index (χ0) is 21.3. The normalized spacial score (nSPS) is 26.2. The van der Waals surface area contributed by atoms with Crippen molar-refractivity contribution >= 4 is 5.57 Å². The topological polar surface area (TPSA) is 59.0 Å². The highest BCUT2D eigenvalue weighted by molar-refractivity contribution is 5.70. The Morgan fingerprint density at radius 3 is 2.60 bits per heavy atom. The van der Waals surface area contributed by atoms with E-state index in [-0.39, 0.29) is 24.2 Å². The SMILES string of the molecule is CN1C(O)CCC1CNC(O)N1CC(c2cc(F)ccc2F)=C[C@H]1c1ccccc1. The number of likely N-dealkylation sites (N-methyl/N-ethyl adjacent to an activating group) is 1. The number of aliphatic hydroxyl groups excluding tert-OH is 2. The van der Waals surface area contributed by atoms with Gasteiger partial charge < -0.3 is 10.2 Å². The predicted molar refractivity (Wildman–Crippen MR) is 111 cm³/mol. The van der Waals surface area contributed by atoms with Crippen LogP contribution in [0.1, 0.15) is 30.0 Å². The zero-order valence-corrected chi connectivity index (χ0v) is 16.9. The van der Waals surface area contributed by atoms with Crippen LogP contribution in [0, 0.1) is 11.6 Å². The smallest absolute Gasteiger partial charge is 0.164 e. The van der Waals surface area contributed by atoms with Gasteiger partial charge in [0.15, 0.2) is 6.35 Å². The van der Waals surface area contributed by atoms with E-state index >= 15 is 0 Å². The van der Waals surface area contributed by atoms with Crippen LogP contribution >= 0.6 is 0 Å². The lowest BCUT2D eigenvalue weighted by atomic mass is 10.0. The van der Waals surface area contributed by atoms with Crippen LogP contribution in [-0.4, -0.2) is 58.8 Å². The van der Waals surface area contributed by atoms with Crippen molar-refractivity contribution in [2.75, 3.05) is 20.1 Å². The summed E-state index contributed by atoms with van der Waals surface area (Å²) in [5.74, 6) is -0.983. The molecule has 0 bridgehead atoms. The number of aliphatic hydroxyl groups is 2. The van der Waals surface area contributed by atoms with Gasteiger partial charge >= 0.3 is 0 Å². The van der Waals surface area contributed by atoms with E-state index in [2.05, 4.69) is 5.32 Å². The molecule has 0 radical (unpaired) electrons. The lowest BCUT2D eigenvalue weighted by molar-refractivity contribution is -0.0320. The van der Waals surface area contributed by atoms with E-state index < -0.39 is 24.2 Å². The van der Waals surface area contributed by atoms with Crippen LogP contribution in [0.3, 0.4) is 0 Å². The third-order valence-corrected chi connectivity index (χ3v) is 6.14. The van der Waals surface area contributed by atoms with E-state index in [0.717, 1.165) is 24.1 Å². The molecule has 3 N–H and O–H groups in total. The van der Waals surface area contributed by atoms with Gasteiger partial charge in [-0.05, 0) is 49.2 Å². The number of likely N-dealkylation sites (tertiary alicyclic amines) is 1. The van der Waals surface area contributed by atoms with E-state index in [0.29, 0.717) is 18.5 Å². The second-order valence-corrected chi connectivity index (χ2v) is 8.00. The predicted octanol–water partition coefficient (Wildman–Crippen LogP) is 2.68. The van der Waals surface area contributed by atoms with Gasteiger partial charge in [0.1, 0.15) is 17.9 Å². The van der Waals surface area contributed by atoms with Crippen molar-refractivity contribution < 1.29 is 19.0 Å². The first-order valence-corrected chi connectivity index (χ1v) is 10.2. The van der Waals surface area contributed by atoms with Gasteiger partial charge in [-0.25, -0.2) is 8.78 Å². The van der Waals surface area contributed by atoms with Crippen LogP contribution in [0.4, 0.5) is 8.78 Å². The molecular weight excluding hydrogens is 388 g/mol. The maximum Gasteiger partial charge on any atom is 0.164 e. The third kappa shape index (κ3) is 4.31. The molecule has 2 aromatic carbocycles. The Morgan fingerprint density at radius 2 is 1.90 bits per heavy atom. The van der Waals surface area contributed by atoms with Crippen LogP contribution < -0.4 is 5.32 Å².